The van der Waals surface area contributed by atoms with Gasteiger partial charge in [0, 0.05) is 12.0 Å². The van der Waals surface area contributed by atoms with Crippen LogP contribution in [0.5, 0.6) is 0 Å². The van der Waals surface area contributed by atoms with E-state index in [0.29, 0.717) is 28.4 Å². The van der Waals surface area contributed by atoms with E-state index in [1.165, 1.54) is 18.4 Å². The molecule has 0 atom stereocenters. The zero-order valence-electron chi connectivity index (χ0n) is 13.3. The Hall–Kier alpha value is -3.06. The highest BCUT2D eigenvalue weighted by Gasteiger charge is 2.27. The molecule has 0 aliphatic heterocycles. The number of methoxy groups -OCH3 is 1. The van der Waals surface area contributed by atoms with Crippen molar-refractivity contribution in [3.05, 3.63) is 59.2 Å². The number of thiazole rings is 1. The number of nitrogens with zero attached hydrogens (tertiary/aromatic N) is 2. The van der Waals surface area contributed by atoms with Gasteiger partial charge in [0.1, 0.15) is 5.71 Å². The molecule has 1 aliphatic carbocycles. The fourth-order valence-corrected chi connectivity index (χ4v) is 3.56. The van der Waals surface area contributed by atoms with Gasteiger partial charge in [-0.15, -0.1) is 0 Å². The number of rotatable bonds is 3. The van der Waals surface area contributed by atoms with E-state index < -0.39 is 5.97 Å². The first-order valence-corrected chi connectivity index (χ1v) is 8.41. The predicted molar refractivity (Wildman–Crippen MR) is 96.5 cm³/mol. The number of carbonyl (C=O) groups is 2. The highest BCUT2D eigenvalue weighted by molar-refractivity contribution is 7.22. The molecule has 0 radical (unpaired) electrons. The fourth-order valence-electron chi connectivity index (χ4n) is 2.75. The van der Waals surface area contributed by atoms with Gasteiger partial charge in [0.25, 0.3) is 0 Å². The van der Waals surface area contributed by atoms with Crippen LogP contribution in [0.2, 0.25) is 0 Å². The lowest BCUT2D eigenvalue weighted by atomic mass is 10.1. The summed E-state index contributed by atoms with van der Waals surface area (Å²) in [6.45, 7) is 0. The molecule has 1 aromatic heterocycles. The molecule has 0 spiro atoms. The summed E-state index contributed by atoms with van der Waals surface area (Å²) < 4.78 is 5.76. The number of nitrogens with one attached hydrogen (secondary N) is 1. The quantitative estimate of drug-likeness (QED) is 0.578. The average molecular weight is 351 g/mol. The number of para-hydroxylation sites is 1. The molecule has 0 bridgehead atoms. The van der Waals surface area contributed by atoms with E-state index in [0.717, 1.165) is 15.8 Å². The smallest absolute Gasteiger partial charge is 0.337 e. The van der Waals surface area contributed by atoms with E-state index in [4.69, 9.17) is 4.74 Å². The molecule has 0 amide bonds. The Morgan fingerprint density at radius 3 is 2.92 bits per heavy atom. The maximum atomic E-state index is 12.4. The summed E-state index contributed by atoms with van der Waals surface area (Å²) in [7, 11) is 1.33. The minimum Gasteiger partial charge on any atom is -0.465 e. The zero-order valence-corrected chi connectivity index (χ0v) is 14.1. The number of benzene rings is 2. The summed E-state index contributed by atoms with van der Waals surface area (Å²) >= 11 is 1.47. The number of hydrogen-bond acceptors (Lipinski definition) is 7. The fraction of sp³-hybridized carbons (Fsp3) is 0.111. The second kappa shape index (κ2) is 6.10. The van der Waals surface area contributed by atoms with Crippen molar-refractivity contribution >= 4 is 44.1 Å². The molecule has 0 fully saturated rings. The van der Waals surface area contributed by atoms with Gasteiger partial charge < -0.3 is 4.74 Å². The van der Waals surface area contributed by atoms with Gasteiger partial charge in [-0.2, -0.15) is 5.10 Å². The highest BCUT2D eigenvalue weighted by Crippen LogP contribution is 2.26. The van der Waals surface area contributed by atoms with E-state index in [9.17, 15) is 9.59 Å². The molecule has 1 N–H and O–H groups in total. The standard InChI is InChI=1S/C18H13N3O3S/c1-24-17(23)10-6-7-12-11(8-10)9-14(16(12)22)20-21-18-19-13-4-2-3-5-15(13)25-18/h2-8H,9H2,1H3,(H,19,21)/b20-14-. The summed E-state index contributed by atoms with van der Waals surface area (Å²) in [6, 6.07) is 12.7. The number of hydrogen-bond donors (Lipinski definition) is 1. The minimum absolute atomic E-state index is 0.139. The van der Waals surface area contributed by atoms with Crippen LogP contribution in [0.4, 0.5) is 5.13 Å². The van der Waals surface area contributed by atoms with Crippen LogP contribution in [-0.4, -0.2) is 29.6 Å². The summed E-state index contributed by atoms with van der Waals surface area (Å²) in [6.07, 6.45) is 0.372. The van der Waals surface area contributed by atoms with Crippen molar-refractivity contribution in [3.63, 3.8) is 0 Å². The van der Waals surface area contributed by atoms with E-state index in [2.05, 4.69) is 15.5 Å². The first kappa shape index (κ1) is 15.5. The lowest BCUT2D eigenvalue weighted by molar-refractivity contribution is 0.0600. The van der Waals surface area contributed by atoms with Crippen molar-refractivity contribution in [2.24, 2.45) is 5.10 Å². The molecule has 25 heavy (non-hydrogen) atoms. The molecule has 4 rings (SSSR count). The highest BCUT2D eigenvalue weighted by atomic mass is 32.1. The molecular formula is C18H13N3O3S. The van der Waals surface area contributed by atoms with Gasteiger partial charge in [-0.05, 0) is 35.9 Å². The summed E-state index contributed by atoms with van der Waals surface area (Å²) in [4.78, 5) is 28.5. The molecule has 1 heterocycles. The first-order valence-electron chi connectivity index (χ1n) is 7.60. The Balaban J connectivity index is 1.58. The SMILES string of the molecule is COC(=O)c1ccc2c(c1)C/C(=N/Nc1nc3ccccc3s1)C2=O. The summed E-state index contributed by atoms with van der Waals surface area (Å²) in [5, 5.41) is 4.86. The predicted octanol–water partition coefficient (Wildman–Crippen LogP) is 3.29. The zero-order chi connectivity index (χ0) is 17.4. The Kier molecular flexibility index (Phi) is 3.77. The Bertz CT molecular complexity index is 1010. The number of hydrazone groups is 1. The van der Waals surface area contributed by atoms with Crippen LogP contribution in [0.15, 0.2) is 47.6 Å². The van der Waals surface area contributed by atoms with Crippen LogP contribution in [-0.2, 0) is 11.2 Å². The maximum Gasteiger partial charge on any atom is 0.337 e. The van der Waals surface area contributed by atoms with Gasteiger partial charge in [0.15, 0.2) is 0 Å². The molecule has 124 valence electrons. The van der Waals surface area contributed by atoms with Crippen molar-refractivity contribution in [3.8, 4) is 0 Å². The summed E-state index contributed by atoms with van der Waals surface area (Å²) in [5.74, 6) is -0.562. The molecule has 2 aromatic carbocycles. The largest absolute Gasteiger partial charge is 0.465 e. The number of aromatic nitrogens is 1. The summed E-state index contributed by atoms with van der Waals surface area (Å²) in [5.41, 5.74) is 5.93. The van der Waals surface area contributed by atoms with Gasteiger partial charge in [0.2, 0.25) is 10.9 Å². The van der Waals surface area contributed by atoms with Crippen molar-refractivity contribution < 1.29 is 14.3 Å². The maximum absolute atomic E-state index is 12.4. The number of carbonyl (C=O) groups excluding carboxylic acids is 2. The third-order valence-electron chi connectivity index (χ3n) is 3.97. The van der Waals surface area contributed by atoms with Crippen molar-refractivity contribution in [2.75, 3.05) is 12.5 Å². The van der Waals surface area contributed by atoms with Crippen LogP contribution >= 0.6 is 11.3 Å². The Morgan fingerprint density at radius 2 is 2.12 bits per heavy atom. The number of anilines is 1. The van der Waals surface area contributed by atoms with E-state index in [-0.39, 0.29) is 5.78 Å². The lowest BCUT2D eigenvalue weighted by Gasteiger charge is -2.01. The monoisotopic (exact) mass is 351 g/mol. The topological polar surface area (TPSA) is 80.7 Å². The molecule has 0 saturated carbocycles. The second-order valence-corrected chi connectivity index (χ2v) is 6.56. The van der Waals surface area contributed by atoms with Gasteiger partial charge in [0.05, 0.1) is 22.9 Å². The van der Waals surface area contributed by atoms with Crippen LogP contribution in [0.25, 0.3) is 10.2 Å². The van der Waals surface area contributed by atoms with Gasteiger partial charge in [-0.1, -0.05) is 23.5 Å². The normalized spacial score (nSPS) is 14.8. The molecule has 1 aliphatic rings. The van der Waals surface area contributed by atoms with E-state index in [1.54, 1.807) is 18.2 Å². The third kappa shape index (κ3) is 2.78. The third-order valence-corrected chi connectivity index (χ3v) is 4.91. The molecular weight excluding hydrogens is 338 g/mol. The van der Waals surface area contributed by atoms with Gasteiger partial charge in [-0.3, -0.25) is 10.2 Å². The van der Waals surface area contributed by atoms with Crippen LogP contribution < -0.4 is 5.43 Å². The van der Waals surface area contributed by atoms with E-state index in [1.807, 2.05) is 24.3 Å². The molecule has 6 nitrogen and oxygen atoms in total. The second-order valence-electron chi connectivity index (χ2n) is 5.53. The van der Waals surface area contributed by atoms with Crippen LogP contribution in [0.3, 0.4) is 0 Å². The molecule has 0 unspecified atom stereocenters. The number of esters is 1. The van der Waals surface area contributed by atoms with E-state index >= 15 is 0 Å². The number of ether oxygens (including phenoxy) is 1. The molecule has 0 saturated heterocycles. The lowest BCUT2D eigenvalue weighted by Crippen LogP contribution is -2.10. The van der Waals surface area contributed by atoms with Crippen molar-refractivity contribution in [1.82, 2.24) is 4.98 Å². The average Bonchev–Trinajstić information content (AvgIpc) is 3.19. The first-order chi connectivity index (χ1) is 12.2. The minimum atomic E-state index is -0.423. The Labute approximate surface area is 147 Å². The van der Waals surface area contributed by atoms with Crippen LogP contribution in [0.1, 0.15) is 26.3 Å². The molecule has 3 aromatic rings. The Morgan fingerprint density at radius 1 is 1.28 bits per heavy atom. The molecule has 7 heteroatoms. The van der Waals surface area contributed by atoms with Crippen molar-refractivity contribution in [2.45, 2.75) is 6.42 Å². The number of Topliss-reactive ketones (excluding diaryl/α,β-unsaturated/α-hetero) is 1. The number of fused-ring (bicyclic) bond motifs is 2. The van der Waals surface area contributed by atoms with Gasteiger partial charge in [-0.25, -0.2) is 9.78 Å². The van der Waals surface area contributed by atoms with Crippen molar-refractivity contribution in [1.29, 1.82) is 0 Å². The number of ketones is 1. The van der Waals surface area contributed by atoms with Gasteiger partial charge >= 0.3 is 5.97 Å². The van der Waals surface area contributed by atoms with Crippen LogP contribution in [0, 0.1) is 0 Å².